The molecule has 1 aromatic heterocycles. The molecule has 1 atom stereocenters. The molecule has 7 nitrogen and oxygen atoms in total. The van der Waals surface area contributed by atoms with Crippen LogP contribution in [0.15, 0.2) is 36.5 Å². The number of carbonyl (C=O) groups is 1. The number of hydrogen-bond acceptors (Lipinski definition) is 5. The summed E-state index contributed by atoms with van der Waals surface area (Å²) >= 11 is 0. The molecule has 27 heavy (non-hydrogen) atoms. The predicted molar refractivity (Wildman–Crippen MR) is 107 cm³/mol. The first-order valence-corrected chi connectivity index (χ1v) is 9.18. The highest BCUT2D eigenvalue weighted by atomic mass is 16.2. The molecule has 1 aliphatic rings. The van der Waals surface area contributed by atoms with Crippen molar-refractivity contribution in [1.82, 2.24) is 25.1 Å². The van der Waals surface area contributed by atoms with Gasteiger partial charge in [-0.05, 0) is 47.0 Å². The van der Waals surface area contributed by atoms with Gasteiger partial charge in [0.2, 0.25) is 5.95 Å². The largest absolute Gasteiger partial charge is 0.334 e. The van der Waals surface area contributed by atoms with Crippen LogP contribution in [0.3, 0.4) is 0 Å². The second kappa shape index (κ2) is 7.52. The van der Waals surface area contributed by atoms with E-state index in [9.17, 15) is 4.79 Å². The lowest BCUT2D eigenvalue weighted by atomic mass is 9.97. The summed E-state index contributed by atoms with van der Waals surface area (Å²) in [4.78, 5) is 25.8. The summed E-state index contributed by atoms with van der Waals surface area (Å²) in [6.45, 7) is 7.33. The maximum atomic E-state index is 12.8. The molecule has 2 amide bonds. The standard InChI is InChI=1S/C20H28N6O/c1-14(12-25(4)5)22-19(27)26-13-17-16(20(26,2)3)11-21-18(24-17)23-15-9-7-6-8-10-15/h6-11,14H,12-13H2,1-5H3,(H,22,27)(H,21,23,24)/t14-/m1/s1. The maximum absolute atomic E-state index is 12.8. The Bertz CT molecular complexity index is 805. The number of rotatable bonds is 5. The molecule has 2 N–H and O–H groups in total. The first kappa shape index (κ1) is 19.1. The molecule has 0 unspecified atom stereocenters. The molecule has 0 bridgehead atoms. The third-order valence-electron chi connectivity index (χ3n) is 4.79. The van der Waals surface area contributed by atoms with Crippen molar-refractivity contribution in [1.29, 1.82) is 0 Å². The SMILES string of the molecule is C[C@H](CN(C)C)NC(=O)N1Cc2nc(Nc3ccccc3)ncc2C1(C)C. The molecule has 0 saturated heterocycles. The fourth-order valence-corrected chi connectivity index (χ4v) is 3.46. The Morgan fingerprint density at radius 1 is 1.30 bits per heavy atom. The smallest absolute Gasteiger partial charge is 0.318 e. The zero-order valence-electron chi connectivity index (χ0n) is 16.7. The van der Waals surface area contributed by atoms with Crippen LogP contribution in [0.25, 0.3) is 0 Å². The molecular formula is C20H28N6O. The number of benzene rings is 1. The predicted octanol–water partition coefficient (Wildman–Crippen LogP) is 2.93. The van der Waals surface area contributed by atoms with Gasteiger partial charge in [-0.1, -0.05) is 18.2 Å². The van der Waals surface area contributed by atoms with Crippen molar-refractivity contribution >= 4 is 17.7 Å². The summed E-state index contributed by atoms with van der Waals surface area (Å²) in [5, 5.41) is 6.29. The van der Waals surface area contributed by atoms with E-state index in [4.69, 9.17) is 0 Å². The highest BCUT2D eigenvalue weighted by Gasteiger charge is 2.42. The van der Waals surface area contributed by atoms with Crippen LogP contribution in [0.4, 0.5) is 16.4 Å². The molecule has 0 spiro atoms. The number of nitrogens with one attached hydrogen (secondary N) is 2. The van der Waals surface area contributed by atoms with Crippen LogP contribution < -0.4 is 10.6 Å². The molecule has 0 aliphatic carbocycles. The van der Waals surface area contributed by atoms with E-state index in [-0.39, 0.29) is 12.1 Å². The molecule has 1 aliphatic heterocycles. The second-order valence-corrected chi connectivity index (χ2v) is 7.80. The van der Waals surface area contributed by atoms with Gasteiger partial charge in [-0.25, -0.2) is 14.8 Å². The Labute approximate surface area is 160 Å². The normalized spacial score (nSPS) is 16.1. The van der Waals surface area contributed by atoms with Crippen molar-refractivity contribution in [3.8, 4) is 0 Å². The molecule has 3 rings (SSSR count). The molecule has 2 aromatic rings. The van der Waals surface area contributed by atoms with Gasteiger partial charge < -0.3 is 20.4 Å². The van der Waals surface area contributed by atoms with Crippen molar-refractivity contribution in [2.24, 2.45) is 0 Å². The van der Waals surface area contributed by atoms with Gasteiger partial charge in [0, 0.05) is 30.0 Å². The zero-order chi connectivity index (χ0) is 19.6. The number of carbonyl (C=O) groups excluding carboxylic acids is 1. The van der Waals surface area contributed by atoms with Gasteiger partial charge >= 0.3 is 6.03 Å². The molecule has 0 saturated carbocycles. The number of fused-ring (bicyclic) bond motifs is 1. The summed E-state index contributed by atoms with van der Waals surface area (Å²) in [6, 6.07) is 9.79. The molecule has 144 valence electrons. The van der Waals surface area contributed by atoms with Crippen LogP contribution in [0.1, 0.15) is 32.0 Å². The summed E-state index contributed by atoms with van der Waals surface area (Å²) in [5.74, 6) is 0.541. The molecular weight excluding hydrogens is 340 g/mol. The van der Waals surface area contributed by atoms with E-state index in [1.54, 1.807) is 0 Å². The van der Waals surface area contributed by atoms with E-state index in [1.807, 2.05) is 76.3 Å². The van der Waals surface area contributed by atoms with Crippen molar-refractivity contribution in [2.45, 2.75) is 38.9 Å². The van der Waals surface area contributed by atoms with Crippen LogP contribution in [0, 0.1) is 0 Å². The lowest BCUT2D eigenvalue weighted by Crippen LogP contribution is -2.50. The van der Waals surface area contributed by atoms with E-state index >= 15 is 0 Å². The fourth-order valence-electron chi connectivity index (χ4n) is 3.46. The lowest BCUT2D eigenvalue weighted by molar-refractivity contribution is 0.140. The highest BCUT2D eigenvalue weighted by molar-refractivity contribution is 5.76. The van der Waals surface area contributed by atoms with Gasteiger partial charge in [-0.15, -0.1) is 0 Å². The molecule has 0 radical (unpaired) electrons. The van der Waals surface area contributed by atoms with Gasteiger partial charge in [0.05, 0.1) is 17.8 Å². The highest BCUT2D eigenvalue weighted by Crippen LogP contribution is 2.37. The minimum absolute atomic E-state index is 0.0633. The minimum atomic E-state index is -0.456. The number of aromatic nitrogens is 2. The number of hydrogen-bond donors (Lipinski definition) is 2. The maximum Gasteiger partial charge on any atom is 0.318 e. The third-order valence-corrected chi connectivity index (χ3v) is 4.79. The van der Waals surface area contributed by atoms with Crippen LogP contribution in [-0.4, -0.2) is 52.5 Å². The van der Waals surface area contributed by atoms with Crippen LogP contribution in [0.5, 0.6) is 0 Å². The van der Waals surface area contributed by atoms with Gasteiger partial charge in [0.1, 0.15) is 0 Å². The fraction of sp³-hybridized carbons (Fsp3) is 0.450. The second-order valence-electron chi connectivity index (χ2n) is 7.80. The van der Waals surface area contributed by atoms with Crippen molar-refractivity contribution in [3.63, 3.8) is 0 Å². The minimum Gasteiger partial charge on any atom is -0.334 e. The Kier molecular flexibility index (Phi) is 5.32. The summed E-state index contributed by atoms with van der Waals surface area (Å²) in [5.41, 5.74) is 2.34. The Morgan fingerprint density at radius 3 is 2.67 bits per heavy atom. The van der Waals surface area contributed by atoms with Gasteiger partial charge in [-0.3, -0.25) is 0 Å². The lowest BCUT2D eigenvalue weighted by Gasteiger charge is -2.33. The Hall–Kier alpha value is -2.67. The number of anilines is 2. The number of likely N-dealkylation sites (N-methyl/N-ethyl adjacent to an activating group) is 1. The quantitative estimate of drug-likeness (QED) is 0.849. The first-order chi connectivity index (χ1) is 12.8. The first-order valence-electron chi connectivity index (χ1n) is 9.18. The van der Waals surface area contributed by atoms with Gasteiger partial charge in [0.15, 0.2) is 0 Å². The van der Waals surface area contributed by atoms with Crippen LogP contribution >= 0.6 is 0 Å². The number of amides is 2. The number of urea groups is 1. The average Bonchev–Trinajstić information content (AvgIpc) is 2.85. The topological polar surface area (TPSA) is 73.4 Å². The molecule has 0 fully saturated rings. The van der Waals surface area contributed by atoms with E-state index in [1.165, 1.54) is 0 Å². The monoisotopic (exact) mass is 368 g/mol. The third kappa shape index (κ3) is 4.19. The van der Waals surface area contributed by atoms with Crippen molar-refractivity contribution in [3.05, 3.63) is 47.8 Å². The average molecular weight is 368 g/mol. The van der Waals surface area contributed by atoms with Gasteiger partial charge in [0.25, 0.3) is 0 Å². The summed E-state index contributed by atoms with van der Waals surface area (Å²) in [6.07, 6.45) is 1.82. The molecule has 2 heterocycles. The Balaban J connectivity index is 1.75. The van der Waals surface area contributed by atoms with E-state index < -0.39 is 5.54 Å². The van der Waals surface area contributed by atoms with Crippen molar-refractivity contribution in [2.75, 3.05) is 26.0 Å². The van der Waals surface area contributed by atoms with E-state index in [2.05, 4.69) is 25.5 Å². The number of nitrogens with zero attached hydrogens (tertiary/aromatic N) is 4. The van der Waals surface area contributed by atoms with Crippen LogP contribution in [-0.2, 0) is 12.1 Å². The Morgan fingerprint density at radius 2 is 2.00 bits per heavy atom. The molecule has 7 heteroatoms. The van der Waals surface area contributed by atoms with E-state index in [0.717, 1.165) is 23.5 Å². The number of para-hydroxylation sites is 1. The van der Waals surface area contributed by atoms with Gasteiger partial charge in [-0.2, -0.15) is 0 Å². The van der Waals surface area contributed by atoms with E-state index in [0.29, 0.717) is 12.5 Å². The zero-order valence-corrected chi connectivity index (χ0v) is 16.7. The summed E-state index contributed by atoms with van der Waals surface area (Å²) < 4.78 is 0. The molecule has 1 aromatic carbocycles. The van der Waals surface area contributed by atoms with Crippen molar-refractivity contribution < 1.29 is 4.79 Å². The van der Waals surface area contributed by atoms with Crippen LogP contribution in [0.2, 0.25) is 0 Å². The summed E-state index contributed by atoms with van der Waals surface area (Å²) in [7, 11) is 3.99.